The molecular weight excluding hydrogens is 115 g/mol. The zero-order chi connectivity index (χ0) is 5.98. The lowest BCUT2D eigenvalue weighted by Gasteiger charge is -1.75. The molecular formula is C7H12P+. The molecule has 0 amide bonds. The molecule has 1 unspecified atom stereocenters. The molecule has 44 valence electrons. The molecule has 0 nitrogen and oxygen atoms in total. The van der Waals surface area contributed by atoms with Gasteiger partial charge in [0.2, 0.25) is 0 Å². The highest BCUT2D eigenvalue weighted by molar-refractivity contribution is 7.58. The lowest BCUT2D eigenvalue weighted by Crippen LogP contribution is -1.68. The Labute approximate surface area is 52.0 Å². The van der Waals surface area contributed by atoms with Crippen LogP contribution in [0.5, 0.6) is 0 Å². The highest BCUT2D eigenvalue weighted by Gasteiger charge is 2.10. The topological polar surface area (TPSA) is 0 Å². The molecule has 1 heteroatoms. The van der Waals surface area contributed by atoms with Crippen molar-refractivity contribution in [3.05, 3.63) is 11.6 Å². The third-order valence-electron chi connectivity index (χ3n) is 1.44. The molecule has 0 spiro atoms. The van der Waals surface area contributed by atoms with Crippen LogP contribution in [0.15, 0.2) is 11.6 Å². The van der Waals surface area contributed by atoms with Crippen LogP contribution in [-0.4, -0.2) is 18.1 Å². The van der Waals surface area contributed by atoms with Gasteiger partial charge in [-0.15, -0.1) is 0 Å². The maximum Gasteiger partial charge on any atom is 0.125 e. The molecule has 0 bridgehead atoms. The van der Waals surface area contributed by atoms with Crippen molar-refractivity contribution in [2.75, 3.05) is 12.3 Å². The van der Waals surface area contributed by atoms with Crippen LogP contribution in [-0.2, 0) is 0 Å². The van der Waals surface area contributed by atoms with Gasteiger partial charge in [-0.25, -0.2) is 0 Å². The van der Waals surface area contributed by atoms with Crippen LogP contribution in [0.3, 0.4) is 0 Å². The van der Waals surface area contributed by atoms with E-state index >= 15 is 0 Å². The average Bonchev–Trinajstić information content (AvgIpc) is 2.14. The molecule has 0 saturated heterocycles. The van der Waals surface area contributed by atoms with Crippen molar-refractivity contribution in [2.24, 2.45) is 0 Å². The summed E-state index contributed by atoms with van der Waals surface area (Å²) in [7, 11) is 0.300. The van der Waals surface area contributed by atoms with Crippen LogP contribution in [0.2, 0.25) is 0 Å². The molecule has 0 aromatic rings. The molecule has 0 radical (unpaired) electrons. The second-order valence-electron chi connectivity index (χ2n) is 2.16. The van der Waals surface area contributed by atoms with Crippen molar-refractivity contribution in [1.29, 1.82) is 0 Å². The predicted octanol–water partition coefficient (Wildman–Crippen LogP) is 2.25. The smallest absolute Gasteiger partial charge is 0.0362 e. The summed E-state index contributed by atoms with van der Waals surface area (Å²) in [4.78, 5) is 0. The average molecular weight is 127 g/mol. The normalized spacial score (nSPS) is 22.8. The predicted molar refractivity (Wildman–Crippen MR) is 42.1 cm³/mol. The van der Waals surface area contributed by atoms with Gasteiger partial charge in [-0.1, -0.05) is 0 Å². The Hall–Kier alpha value is -0.0900. The first-order valence-corrected chi connectivity index (χ1v) is 4.86. The van der Waals surface area contributed by atoms with Crippen molar-refractivity contribution in [1.82, 2.24) is 0 Å². The maximum absolute atomic E-state index is 2.43. The quantitative estimate of drug-likeness (QED) is 0.474. The van der Waals surface area contributed by atoms with E-state index in [0.29, 0.717) is 7.55 Å². The zero-order valence-corrected chi connectivity index (χ0v) is 6.41. The summed E-state index contributed by atoms with van der Waals surface area (Å²) >= 11 is 0. The summed E-state index contributed by atoms with van der Waals surface area (Å²) in [6, 6.07) is 0. The van der Waals surface area contributed by atoms with Gasteiger partial charge in [-0.3, -0.25) is 0 Å². The summed E-state index contributed by atoms with van der Waals surface area (Å²) in [5, 5.41) is 0. The van der Waals surface area contributed by atoms with Crippen LogP contribution >= 0.6 is 7.55 Å². The van der Waals surface area contributed by atoms with Gasteiger partial charge in [0.25, 0.3) is 0 Å². The second-order valence-corrected chi connectivity index (χ2v) is 4.60. The molecule has 1 aliphatic rings. The molecule has 1 heterocycles. The Balaban J connectivity index is 2.56. The minimum atomic E-state index is 0.300. The van der Waals surface area contributed by atoms with Gasteiger partial charge in [0, 0.05) is 0 Å². The van der Waals surface area contributed by atoms with Crippen LogP contribution in [0, 0.1) is 0 Å². The number of allylic oxidation sites excluding steroid dienone is 2. The first-order chi connectivity index (χ1) is 3.83. The van der Waals surface area contributed by atoms with Gasteiger partial charge in [0.1, 0.15) is 18.1 Å². The first-order valence-electron chi connectivity index (χ1n) is 3.08. The van der Waals surface area contributed by atoms with E-state index in [2.05, 4.69) is 25.7 Å². The molecule has 0 aromatic heterocycles. The van der Waals surface area contributed by atoms with E-state index in [0.717, 1.165) is 0 Å². The molecule has 0 aliphatic carbocycles. The summed E-state index contributed by atoms with van der Waals surface area (Å²) in [6.07, 6.45) is 5.05. The molecule has 0 aromatic carbocycles. The highest BCUT2D eigenvalue weighted by atomic mass is 31.1. The fourth-order valence-electron chi connectivity index (χ4n) is 0.875. The van der Waals surface area contributed by atoms with E-state index in [4.69, 9.17) is 0 Å². The van der Waals surface area contributed by atoms with Crippen LogP contribution in [0.4, 0.5) is 0 Å². The monoisotopic (exact) mass is 127 g/mol. The Morgan fingerprint density at radius 2 is 2.50 bits per heavy atom. The van der Waals surface area contributed by atoms with Gasteiger partial charge in [0.15, 0.2) is 0 Å². The van der Waals surface area contributed by atoms with Gasteiger partial charge in [-0.05, 0) is 25.5 Å². The Morgan fingerprint density at radius 3 is 2.75 bits per heavy atom. The van der Waals surface area contributed by atoms with Gasteiger partial charge < -0.3 is 0 Å². The van der Waals surface area contributed by atoms with Crippen molar-refractivity contribution in [2.45, 2.75) is 13.8 Å². The summed E-state index contributed by atoms with van der Waals surface area (Å²) in [6.45, 7) is 4.46. The molecule has 0 saturated carbocycles. The van der Waals surface area contributed by atoms with E-state index in [1.54, 1.807) is 0 Å². The fraction of sp³-hybridized carbons (Fsp3) is 0.571. The molecule has 0 fully saturated rings. The molecule has 8 heavy (non-hydrogen) atoms. The van der Waals surface area contributed by atoms with E-state index in [1.165, 1.54) is 17.9 Å². The lowest BCUT2D eigenvalue weighted by molar-refractivity contribution is 1.50. The van der Waals surface area contributed by atoms with Gasteiger partial charge >= 0.3 is 0 Å². The third-order valence-corrected chi connectivity index (χ3v) is 3.68. The molecule has 1 atom stereocenters. The van der Waals surface area contributed by atoms with Crippen molar-refractivity contribution >= 4 is 13.3 Å². The lowest BCUT2D eigenvalue weighted by atomic mass is 10.3. The van der Waals surface area contributed by atoms with Crippen molar-refractivity contribution in [3.8, 4) is 0 Å². The fourth-order valence-corrected chi connectivity index (χ4v) is 2.63. The van der Waals surface area contributed by atoms with Crippen molar-refractivity contribution in [3.63, 3.8) is 0 Å². The first kappa shape index (κ1) is 6.04. The van der Waals surface area contributed by atoms with Crippen LogP contribution < -0.4 is 0 Å². The SMILES string of the molecule is CC[P+]1=CC(C)=CC1. The number of rotatable bonds is 1. The van der Waals surface area contributed by atoms with Crippen molar-refractivity contribution < 1.29 is 0 Å². The number of hydrogen-bond donors (Lipinski definition) is 0. The molecule has 1 aliphatic heterocycles. The van der Waals surface area contributed by atoms with E-state index < -0.39 is 0 Å². The van der Waals surface area contributed by atoms with E-state index in [1.807, 2.05) is 0 Å². The largest absolute Gasteiger partial charge is 0.125 e. The van der Waals surface area contributed by atoms with Crippen LogP contribution in [0.25, 0.3) is 0 Å². The minimum Gasteiger partial charge on any atom is -0.0362 e. The Morgan fingerprint density at radius 1 is 1.75 bits per heavy atom. The van der Waals surface area contributed by atoms with Crippen LogP contribution in [0.1, 0.15) is 13.8 Å². The van der Waals surface area contributed by atoms with E-state index in [-0.39, 0.29) is 0 Å². The Bertz CT molecular complexity index is 142. The Kier molecular flexibility index (Phi) is 1.85. The number of hydrogen-bond acceptors (Lipinski definition) is 0. The minimum absolute atomic E-state index is 0.300. The zero-order valence-electron chi connectivity index (χ0n) is 5.52. The van der Waals surface area contributed by atoms with Gasteiger partial charge in [0.05, 0.1) is 7.55 Å². The maximum atomic E-state index is 2.43. The second kappa shape index (κ2) is 2.46. The summed E-state index contributed by atoms with van der Waals surface area (Å²) in [5.74, 6) is 2.43. The van der Waals surface area contributed by atoms with E-state index in [9.17, 15) is 0 Å². The summed E-state index contributed by atoms with van der Waals surface area (Å²) < 4.78 is 0. The van der Waals surface area contributed by atoms with Gasteiger partial charge in [-0.2, -0.15) is 0 Å². The summed E-state index contributed by atoms with van der Waals surface area (Å²) in [5.41, 5.74) is 1.50. The highest BCUT2D eigenvalue weighted by Crippen LogP contribution is 2.27. The standard InChI is InChI=1S/C7H12P/c1-3-8-5-4-7(2)6-8/h4,6H,3,5H2,1-2H3/q+1. The molecule has 0 N–H and O–H groups in total. The molecule has 1 rings (SSSR count). The third kappa shape index (κ3) is 1.20.